The van der Waals surface area contributed by atoms with E-state index in [1.807, 2.05) is 30.3 Å². The molecule has 3 unspecified atom stereocenters. The van der Waals surface area contributed by atoms with Crippen LogP contribution in [0.4, 0.5) is 5.69 Å². The molecule has 6 rings (SSSR count). The molecule has 10 heteroatoms. The van der Waals surface area contributed by atoms with Crippen molar-refractivity contribution in [2.45, 2.75) is 48.8 Å². The molecule has 2 N–H and O–H groups in total. The fraction of sp³-hybridized carbons (Fsp3) is 0.455. The van der Waals surface area contributed by atoms with Crippen molar-refractivity contribution in [1.29, 1.82) is 5.26 Å². The summed E-state index contributed by atoms with van der Waals surface area (Å²) in [5, 5.41) is 17.6. The molecular formula is C33H38N6O3Si. The summed E-state index contributed by atoms with van der Waals surface area (Å²) in [5.41, 5.74) is 4.53. The SMILES string of the molecule is C=C(C#N)CNc1c(OC)ccc2ccc(-c3nccc(C(=O)NC4CCC5(CC4)C4[Si]C4C5N(C)CCOC)n3)cc12. The number of nitrogens with one attached hydrogen (secondary N) is 2. The summed E-state index contributed by atoms with van der Waals surface area (Å²) in [7, 11) is 6.73. The third kappa shape index (κ3) is 5.53. The number of ether oxygens (including phenoxy) is 2. The van der Waals surface area contributed by atoms with Gasteiger partial charge in [-0.2, -0.15) is 5.26 Å². The highest BCUT2D eigenvalue weighted by atomic mass is 28.2. The van der Waals surface area contributed by atoms with Gasteiger partial charge in [0.25, 0.3) is 5.91 Å². The summed E-state index contributed by atoms with van der Waals surface area (Å²) in [6.07, 6.45) is 5.99. The number of benzene rings is 2. The van der Waals surface area contributed by atoms with Gasteiger partial charge in [-0.3, -0.25) is 4.79 Å². The van der Waals surface area contributed by atoms with Gasteiger partial charge in [0.2, 0.25) is 0 Å². The van der Waals surface area contributed by atoms with Crippen LogP contribution in [0, 0.1) is 16.7 Å². The molecule has 1 amide bonds. The molecule has 2 aliphatic carbocycles. The number of carbonyl (C=O) groups is 1. The highest BCUT2D eigenvalue weighted by Gasteiger charge is 2.71. The van der Waals surface area contributed by atoms with Gasteiger partial charge in [-0.1, -0.05) is 24.8 Å². The number of anilines is 1. The van der Waals surface area contributed by atoms with Crippen LogP contribution in [0.3, 0.4) is 0 Å². The Morgan fingerprint density at radius 3 is 2.77 bits per heavy atom. The molecule has 2 aromatic carbocycles. The number of hydrogen-bond acceptors (Lipinski definition) is 8. The summed E-state index contributed by atoms with van der Waals surface area (Å²) in [6.45, 7) is 5.82. The van der Waals surface area contributed by atoms with E-state index in [9.17, 15) is 4.79 Å². The molecule has 1 aliphatic heterocycles. The van der Waals surface area contributed by atoms with Crippen LogP contribution in [0.15, 0.2) is 54.7 Å². The van der Waals surface area contributed by atoms with Crippen molar-refractivity contribution in [3.63, 3.8) is 0 Å². The number of aromatic nitrogens is 2. The highest BCUT2D eigenvalue weighted by molar-refractivity contribution is 6.56. The van der Waals surface area contributed by atoms with E-state index in [-0.39, 0.29) is 11.9 Å². The maximum Gasteiger partial charge on any atom is 0.270 e. The van der Waals surface area contributed by atoms with Crippen molar-refractivity contribution in [1.82, 2.24) is 20.2 Å². The first-order valence-corrected chi connectivity index (χ1v) is 16.1. The first kappa shape index (κ1) is 29.3. The van der Waals surface area contributed by atoms with E-state index in [1.54, 1.807) is 26.5 Å². The Balaban J connectivity index is 1.15. The molecule has 3 atom stereocenters. The topological polar surface area (TPSA) is 112 Å². The van der Waals surface area contributed by atoms with Gasteiger partial charge in [-0.15, -0.1) is 0 Å². The van der Waals surface area contributed by atoms with E-state index in [0.717, 1.165) is 68.6 Å². The van der Waals surface area contributed by atoms with Gasteiger partial charge in [0, 0.05) is 64.5 Å². The first-order valence-electron chi connectivity index (χ1n) is 14.9. The van der Waals surface area contributed by atoms with E-state index in [2.05, 4.69) is 45.2 Å². The van der Waals surface area contributed by atoms with Gasteiger partial charge in [-0.25, -0.2) is 9.97 Å². The number of nitrogens with zero attached hydrogens (tertiary/aromatic N) is 4. The Bertz CT molecular complexity index is 1580. The Morgan fingerprint density at radius 1 is 1.23 bits per heavy atom. The lowest BCUT2D eigenvalue weighted by Gasteiger charge is -2.56. The number of nitriles is 1. The van der Waals surface area contributed by atoms with Crippen molar-refractivity contribution in [3.05, 3.63) is 60.4 Å². The van der Waals surface area contributed by atoms with E-state index in [1.165, 1.54) is 12.8 Å². The zero-order valence-electron chi connectivity index (χ0n) is 25.0. The Morgan fingerprint density at radius 2 is 2.02 bits per heavy atom. The van der Waals surface area contributed by atoms with Gasteiger partial charge in [0.05, 0.1) is 25.5 Å². The lowest BCUT2D eigenvalue weighted by atomic mass is 9.56. The smallest absolute Gasteiger partial charge is 0.270 e. The number of hydrogen-bond donors (Lipinski definition) is 2. The largest absolute Gasteiger partial charge is 0.495 e. The summed E-state index contributed by atoms with van der Waals surface area (Å²) in [4.78, 5) is 25.0. The average Bonchev–Trinajstić information content (AvgIpc) is 3.78. The van der Waals surface area contributed by atoms with Crippen LogP contribution in [-0.2, 0) is 4.74 Å². The Kier molecular flexibility index (Phi) is 8.23. The van der Waals surface area contributed by atoms with Crippen LogP contribution in [-0.4, -0.2) is 83.3 Å². The minimum atomic E-state index is -0.155. The average molecular weight is 595 g/mol. The highest BCUT2D eigenvalue weighted by Crippen LogP contribution is 2.76. The molecular weight excluding hydrogens is 556 g/mol. The molecule has 2 radical (unpaired) electrons. The lowest BCUT2D eigenvalue weighted by molar-refractivity contribution is -0.0239. The monoisotopic (exact) mass is 594 g/mol. The zero-order valence-corrected chi connectivity index (χ0v) is 26.0. The van der Waals surface area contributed by atoms with Crippen molar-refractivity contribution in [2.24, 2.45) is 5.41 Å². The number of carbonyl (C=O) groups excluding carboxylic acids is 1. The predicted octanol–water partition coefficient (Wildman–Crippen LogP) is 4.71. The molecule has 3 fully saturated rings. The van der Waals surface area contributed by atoms with E-state index in [0.29, 0.717) is 40.8 Å². The summed E-state index contributed by atoms with van der Waals surface area (Å²) >= 11 is 0. The normalized spacial score (nSPS) is 25.5. The molecule has 2 saturated carbocycles. The minimum absolute atomic E-state index is 0.155. The third-order valence-corrected chi connectivity index (χ3v) is 11.5. The lowest BCUT2D eigenvalue weighted by Crippen LogP contribution is -2.56. The molecule has 3 aromatic rings. The minimum Gasteiger partial charge on any atom is -0.495 e. The maximum atomic E-state index is 13.3. The molecule has 9 nitrogen and oxygen atoms in total. The number of methoxy groups -OCH3 is 2. The fourth-order valence-corrected chi connectivity index (χ4v) is 9.65. The van der Waals surface area contributed by atoms with Gasteiger partial charge in [0.15, 0.2) is 5.82 Å². The Hall–Kier alpha value is -3.78. The summed E-state index contributed by atoms with van der Waals surface area (Å²) in [6, 6.07) is 14.4. The predicted molar refractivity (Wildman–Crippen MR) is 168 cm³/mol. The molecule has 43 heavy (non-hydrogen) atoms. The molecule has 1 spiro atoms. The standard InChI is InChI=1S/C33H38N6O3Si/c1-20(18-34)19-36-27-24-17-22(6-5-21(24)7-8-26(27)42-4)31-35-14-11-25(38-31)32(40)37-23-9-12-33(13-10-23)29(28-30(33)43-28)39(2)15-16-41-3/h5-8,11,14,17,23,28-30,36H,1,9-10,12-13,15-16,19H2,2-4H3,(H,37,40). The number of likely N-dealkylation sites (N-methyl/N-ethyl adjacent to an activating group) is 1. The quantitative estimate of drug-likeness (QED) is 0.243. The summed E-state index contributed by atoms with van der Waals surface area (Å²) < 4.78 is 10.9. The van der Waals surface area contributed by atoms with Gasteiger partial charge in [0.1, 0.15) is 11.4 Å². The van der Waals surface area contributed by atoms with Crippen LogP contribution in [0.5, 0.6) is 5.75 Å². The second-order valence-electron chi connectivity index (χ2n) is 12.0. The fourth-order valence-electron chi connectivity index (χ4n) is 7.27. The molecule has 2 heterocycles. The van der Waals surface area contributed by atoms with Crippen LogP contribution in [0.1, 0.15) is 36.2 Å². The van der Waals surface area contributed by atoms with Crippen LogP contribution >= 0.6 is 0 Å². The van der Waals surface area contributed by atoms with Crippen LogP contribution in [0.25, 0.3) is 22.2 Å². The van der Waals surface area contributed by atoms with E-state index >= 15 is 0 Å². The van der Waals surface area contributed by atoms with Crippen molar-refractivity contribution in [2.75, 3.05) is 46.3 Å². The first-order chi connectivity index (χ1) is 20.9. The van der Waals surface area contributed by atoms with E-state index in [4.69, 9.17) is 14.7 Å². The summed E-state index contributed by atoms with van der Waals surface area (Å²) in [5.74, 6) is 0.980. The Labute approximate surface area is 255 Å². The van der Waals surface area contributed by atoms with Gasteiger partial charge in [-0.05, 0) is 72.8 Å². The second-order valence-corrected chi connectivity index (χ2v) is 13.6. The number of fused-ring (bicyclic) bond motifs is 3. The molecule has 1 saturated heterocycles. The number of amides is 1. The third-order valence-electron chi connectivity index (χ3n) is 9.53. The maximum absolute atomic E-state index is 13.3. The van der Waals surface area contributed by atoms with Gasteiger partial charge < -0.3 is 25.0 Å². The van der Waals surface area contributed by atoms with Crippen LogP contribution < -0.4 is 15.4 Å². The molecule has 1 aromatic heterocycles. The number of rotatable bonds is 11. The van der Waals surface area contributed by atoms with E-state index < -0.39 is 0 Å². The zero-order chi connectivity index (χ0) is 30.1. The van der Waals surface area contributed by atoms with Crippen molar-refractivity contribution >= 4 is 31.9 Å². The molecule has 0 bridgehead atoms. The molecule has 3 aliphatic rings. The van der Waals surface area contributed by atoms with Gasteiger partial charge >= 0.3 is 0 Å². The van der Waals surface area contributed by atoms with Crippen LogP contribution in [0.2, 0.25) is 11.1 Å². The van der Waals surface area contributed by atoms with Crippen molar-refractivity contribution in [3.8, 4) is 23.2 Å². The molecule has 222 valence electrons. The van der Waals surface area contributed by atoms with Crippen molar-refractivity contribution < 1.29 is 14.3 Å². The second kappa shape index (κ2) is 12.1.